The number of benzene rings is 2. The SMILES string of the molecule is CC.CC.CC(C)C(NC(=O)CCCCCN1C(=O)C=CC1=O)C(=O)NCC(=O)Nc1ccc(CONC(C)C2CCN(c3c(F)cc4c(=O)c(C(=O)O)cn(C5CC5)c4c3Cl)C2)cc1. The van der Waals surface area contributed by atoms with Crippen LogP contribution >= 0.6 is 11.6 Å². The van der Waals surface area contributed by atoms with E-state index in [0.717, 1.165) is 35.8 Å². The molecule has 3 atom stereocenters. The number of nitrogens with zero attached hydrogens (tertiary/aromatic N) is 3. The summed E-state index contributed by atoms with van der Waals surface area (Å²) in [6.45, 7) is 14.7. The van der Waals surface area contributed by atoms with Gasteiger partial charge in [-0.05, 0) is 74.6 Å². The molecule has 5 N–H and O–H groups in total. The monoisotopic (exact) mass is 923 g/mol. The first-order valence-electron chi connectivity index (χ1n) is 22.5. The molecule has 16 nitrogen and oxygen atoms in total. The van der Waals surface area contributed by atoms with Crippen LogP contribution in [0.15, 0.2) is 53.5 Å². The number of aromatic nitrogens is 1. The number of hydrogen-bond acceptors (Lipinski definition) is 10. The number of carboxylic acid groups (broad SMARTS) is 1. The maximum absolute atomic E-state index is 15.6. The highest BCUT2D eigenvalue weighted by atomic mass is 35.5. The predicted octanol–water partition coefficient (Wildman–Crippen LogP) is 6.50. The standard InChI is InChI=1S/C43H51ClFN7O9.2C2H6/c1-24(2)38(48-33(53)7-5-4-6-17-51-35(55)14-15-36(51)56)42(58)46-20-34(54)47-28-10-8-26(9-11-28)23-61-49-25(3)27-16-18-50(21-27)40-32(45)19-30-39(37(40)44)52(29-12-13-29)22-31(41(30)57)43(59)60;2*1-2/h8-11,14-15,19,22,24-25,27,29,38,49H,4-7,12-13,16-18,20-21,23H2,1-3H3,(H,46,58)(H,47,54)(H,48,53)(H,59,60);2*1-2H3. The lowest BCUT2D eigenvalue weighted by Crippen LogP contribution is -2.51. The number of carboxylic acids is 1. The van der Waals surface area contributed by atoms with E-state index in [1.807, 2.05) is 39.5 Å². The van der Waals surface area contributed by atoms with Crippen LogP contribution in [0.4, 0.5) is 15.8 Å². The predicted molar refractivity (Wildman–Crippen MR) is 248 cm³/mol. The summed E-state index contributed by atoms with van der Waals surface area (Å²) < 4.78 is 17.3. The Morgan fingerprint density at radius 1 is 0.923 bits per heavy atom. The van der Waals surface area contributed by atoms with E-state index in [4.69, 9.17) is 16.4 Å². The molecule has 6 rings (SSSR count). The molecule has 1 aliphatic carbocycles. The minimum Gasteiger partial charge on any atom is -0.477 e. The zero-order valence-corrected chi connectivity index (χ0v) is 39.1. The van der Waals surface area contributed by atoms with Crippen molar-refractivity contribution in [1.82, 2.24) is 25.6 Å². The average molecular weight is 925 g/mol. The van der Waals surface area contributed by atoms with Crippen molar-refractivity contribution in [1.29, 1.82) is 0 Å². The van der Waals surface area contributed by atoms with Crippen molar-refractivity contribution >= 4 is 69.4 Å². The van der Waals surface area contributed by atoms with Gasteiger partial charge < -0.3 is 30.5 Å². The highest BCUT2D eigenvalue weighted by Gasteiger charge is 2.34. The summed E-state index contributed by atoms with van der Waals surface area (Å²) in [7, 11) is 0. The summed E-state index contributed by atoms with van der Waals surface area (Å²) in [5.41, 5.74) is 3.75. The number of anilines is 2. The number of rotatable bonds is 20. The Bertz CT molecular complexity index is 2260. The number of pyridine rings is 1. The van der Waals surface area contributed by atoms with Crippen molar-refractivity contribution in [3.63, 3.8) is 0 Å². The Hall–Kier alpha value is -5.65. The molecule has 354 valence electrons. The van der Waals surface area contributed by atoms with Crippen LogP contribution in [0.2, 0.25) is 5.02 Å². The molecule has 5 amide bonds. The molecule has 3 unspecified atom stereocenters. The minimum absolute atomic E-state index is 0.00487. The normalized spacial score (nSPS) is 16.4. The second kappa shape index (κ2) is 24.6. The van der Waals surface area contributed by atoms with Crippen LogP contribution in [-0.4, -0.2) is 88.3 Å². The van der Waals surface area contributed by atoms with Gasteiger partial charge in [0.2, 0.25) is 23.2 Å². The number of halogens is 2. The van der Waals surface area contributed by atoms with Gasteiger partial charge in [-0.1, -0.05) is 71.7 Å². The Balaban J connectivity index is 0.00000225. The van der Waals surface area contributed by atoms with Crippen LogP contribution in [0.1, 0.15) is 115 Å². The number of nitrogens with one attached hydrogen (secondary N) is 4. The third-order valence-electron chi connectivity index (χ3n) is 11.2. The van der Waals surface area contributed by atoms with E-state index in [2.05, 4.69) is 21.4 Å². The quantitative estimate of drug-likeness (QED) is 0.0470. The van der Waals surface area contributed by atoms with Crippen LogP contribution in [0.5, 0.6) is 0 Å². The van der Waals surface area contributed by atoms with Crippen molar-refractivity contribution in [2.45, 2.75) is 118 Å². The average Bonchev–Trinajstić information content (AvgIpc) is 3.93. The summed E-state index contributed by atoms with van der Waals surface area (Å²) >= 11 is 6.83. The van der Waals surface area contributed by atoms with Gasteiger partial charge in [0.05, 0.1) is 34.8 Å². The maximum Gasteiger partial charge on any atom is 0.341 e. The number of carbonyl (C=O) groups excluding carboxylic acids is 5. The molecular formula is C47H63ClFN7O9. The molecular weight excluding hydrogens is 861 g/mol. The second-order valence-corrected chi connectivity index (χ2v) is 16.5. The molecule has 1 saturated heterocycles. The lowest BCUT2D eigenvalue weighted by molar-refractivity contribution is -0.137. The highest BCUT2D eigenvalue weighted by Crippen LogP contribution is 2.43. The van der Waals surface area contributed by atoms with Gasteiger partial charge in [-0.3, -0.25) is 38.5 Å². The van der Waals surface area contributed by atoms with E-state index < -0.39 is 40.6 Å². The Kier molecular flexibility index (Phi) is 19.7. The highest BCUT2D eigenvalue weighted by molar-refractivity contribution is 6.38. The lowest BCUT2D eigenvalue weighted by atomic mass is 10.0. The fourth-order valence-corrected chi connectivity index (χ4v) is 8.01. The molecule has 2 fully saturated rings. The fourth-order valence-electron chi connectivity index (χ4n) is 7.60. The van der Waals surface area contributed by atoms with E-state index in [1.54, 1.807) is 42.7 Å². The Morgan fingerprint density at radius 2 is 1.58 bits per heavy atom. The summed E-state index contributed by atoms with van der Waals surface area (Å²) in [5.74, 6) is -4.15. The zero-order chi connectivity index (χ0) is 48.0. The number of imide groups is 1. The van der Waals surface area contributed by atoms with Gasteiger partial charge in [0, 0.05) is 62.2 Å². The van der Waals surface area contributed by atoms with E-state index in [0.29, 0.717) is 43.6 Å². The van der Waals surface area contributed by atoms with E-state index in [1.165, 1.54) is 18.3 Å². The topological polar surface area (TPSA) is 208 Å². The summed E-state index contributed by atoms with van der Waals surface area (Å²) in [6, 6.07) is 7.12. The molecule has 1 saturated carbocycles. The van der Waals surface area contributed by atoms with E-state index in [-0.39, 0.29) is 83.9 Å². The first-order valence-corrected chi connectivity index (χ1v) is 22.9. The number of hydrogen-bond donors (Lipinski definition) is 5. The smallest absolute Gasteiger partial charge is 0.341 e. The number of carbonyl (C=O) groups is 6. The molecule has 65 heavy (non-hydrogen) atoms. The van der Waals surface area contributed by atoms with Gasteiger partial charge in [0.15, 0.2) is 0 Å². The molecule has 3 aliphatic rings. The molecule has 3 aromatic rings. The number of amides is 5. The van der Waals surface area contributed by atoms with Crippen LogP contribution in [-0.2, 0) is 35.4 Å². The lowest BCUT2D eigenvalue weighted by Gasteiger charge is -2.25. The van der Waals surface area contributed by atoms with Gasteiger partial charge in [-0.2, -0.15) is 5.48 Å². The molecule has 2 aliphatic heterocycles. The van der Waals surface area contributed by atoms with Crippen molar-refractivity contribution in [3.05, 3.63) is 80.9 Å². The van der Waals surface area contributed by atoms with Crippen LogP contribution in [0.3, 0.4) is 0 Å². The number of aromatic carboxylic acids is 1. The van der Waals surface area contributed by atoms with Crippen LogP contribution < -0.4 is 31.8 Å². The third kappa shape index (κ3) is 13.7. The molecule has 2 aromatic carbocycles. The molecule has 0 spiro atoms. The number of hydroxylamine groups is 1. The third-order valence-corrected chi connectivity index (χ3v) is 11.6. The Labute approximate surface area is 384 Å². The largest absolute Gasteiger partial charge is 0.477 e. The maximum atomic E-state index is 15.6. The molecule has 0 radical (unpaired) electrons. The zero-order valence-electron chi connectivity index (χ0n) is 38.3. The van der Waals surface area contributed by atoms with Crippen molar-refractivity contribution in [2.24, 2.45) is 11.8 Å². The van der Waals surface area contributed by atoms with Gasteiger partial charge in [-0.15, -0.1) is 0 Å². The van der Waals surface area contributed by atoms with Crippen molar-refractivity contribution in [2.75, 3.05) is 36.4 Å². The molecule has 0 bridgehead atoms. The first kappa shape index (κ1) is 52.0. The minimum atomic E-state index is -1.37. The van der Waals surface area contributed by atoms with Crippen LogP contribution in [0.25, 0.3) is 10.9 Å². The first-order chi connectivity index (χ1) is 31.1. The summed E-state index contributed by atoms with van der Waals surface area (Å²) in [5, 5.41) is 17.7. The summed E-state index contributed by atoms with van der Waals surface area (Å²) in [6.07, 6.45) is 7.99. The van der Waals surface area contributed by atoms with Crippen LogP contribution in [0, 0.1) is 17.7 Å². The van der Waals surface area contributed by atoms with E-state index >= 15 is 4.39 Å². The molecule has 1 aromatic heterocycles. The van der Waals surface area contributed by atoms with Gasteiger partial charge in [0.25, 0.3) is 11.8 Å². The Morgan fingerprint density at radius 3 is 2.20 bits per heavy atom. The van der Waals surface area contributed by atoms with Gasteiger partial charge >= 0.3 is 5.97 Å². The number of fused-ring (bicyclic) bond motifs is 1. The second-order valence-electron chi connectivity index (χ2n) is 16.1. The van der Waals surface area contributed by atoms with Gasteiger partial charge in [-0.25, -0.2) is 9.18 Å². The van der Waals surface area contributed by atoms with Crippen molar-refractivity contribution < 1.29 is 43.1 Å². The van der Waals surface area contributed by atoms with E-state index in [9.17, 15) is 38.7 Å². The summed E-state index contributed by atoms with van der Waals surface area (Å²) in [4.78, 5) is 95.0. The molecule has 18 heteroatoms. The van der Waals surface area contributed by atoms with Crippen molar-refractivity contribution in [3.8, 4) is 0 Å². The fraction of sp³-hybridized carbons (Fsp3) is 0.511. The van der Waals surface area contributed by atoms with Gasteiger partial charge in [0.1, 0.15) is 17.4 Å². The number of unbranched alkanes of at least 4 members (excludes halogenated alkanes) is 2. The molecule has 3 heterocycles.